The lowest BCUT2D eigenvalue weighted by molar-refractivity contribution is -0.146. The van der Waals surface area contributed by atoms with Crippen LogP contribution < -0.4 is 0 Å². The van der Waals surface area contributed by atoms with Gasteiger partial charge < -0.3 is 9.84 Å². The van der Waals surface area contributed by atoms with E-state index in [9.17, 15) is 9.90 Å². The number of aliphatic hydroxyl groups is 1. The molecule has 0 bridgehead atoms. The fourth-order valence-electron chi connectivity index (χ4n) is 0.707. The molecule has 0 aliphatic carbocycles. The van der Waals surface area contributed by atoms with Crippen LogP contribution in [0, 0.1) is 16.7 Å². The Morgan fingerprint density at radius 1 is 1.69 bits per heavy atom. The van der Waals surface area contributed by atoms with E-state index in [1.807, 2.05) is 6.07 Å². The van der Waals surface area contributed by atoms with Gasteiger partial charge in [0.15, 0.2) is 0 Å². The van der Waals surface area contributed by atoms with Crippen LogP contribution in [0.5, 0.6) is 0 Å². The molecule has 0 amide bonds. The van der Waals surface area contributed by atoms with Crippen molar-refractivity contribution in [3.8, 4) is 6.07 Å². The average molecular weight is 185 g/mol. The number of nitriles is 1. The molecule has 1 atom stereocenters. The summed E-state index contributed by atoms with van der Waals surface area (Å²) in [6.45, 7) is 5.14. The zero-order valence-corrected chi connectivity index (χ0v) is 8.20. The molecule has 0 radical (unpaired) electrons. The molecule has 74 valence electrons. The molecule has 1 unspecified atom stereocenters. The largest absolute Gasteiger partial charge is 0.466 e. The predicted molar refractivity (Wildman–Crippen MR) is 46.7 cm³/mol. The van der Waals surface area contributed by atoms with Gasteiger partial charge in [-0.3, -0.25) is 4.79 Å². The Kier molecular flexibility index (Phi) is 4.43. The van der Waals surface area contributed by atoms with Gasteiger partial charge in [-0.25, -0.2) is 0 Å². The van der Waals surface area contributed by atoms with E-state index in [1.165, 1.54) is 0 Å². The fraction of sp³-hybridized carbons (Fsp3) is 0.778. The number of carbonyl (C=O) groups excluding carboxylic acids is 1. The van der Waals surface area contributed by atoms with E-state index in [1.54, 1.807) is 20.8 Å². The van der Waals surface area contributed by atoms with Gasteiger partial charge in [-0.05, 0) is 20.8 Å². The minimum absolute atomic E-state index is 0.131. The third-order valence-corrected chi connectivity index (χ3v) is 1.79. The highest BCUT2D eigenvalue weighted by molar-refractivity contribution is 5.70. The van der Waals surface area contributed by atoms with E-state index in [0.29, 0.717) is 6.61 Å². The number of esters is 1. The van der Waals surface area contributed by atoms with Crippen LogP contribution in [0.2, 0.25) is 0 Å². The molecular formula is C9H15NO3. The van der Waals surface area contributed by atoms with Crippen molar-refractivity contribution >= 4 is 5.97 Å². The van der Waals surface area contributed by atoms with Gasteiger partial charge in [0, 0.05) is 0 Å². The monoisotopic (exact) mass is 185 g/mol. The van der Waals surface area contributed by atoms with E-state index < -0.39 is 17.5 Å². The summed E-state index contributed by atoms with van der Waals surface area (Å²) in [5.74, 6) is -0.474. The Labute approximate surface area is 78.1 Å². The summed E-state index contributed by atoms with van der Waals surface area (Å²) in [5, 5.41) is 18.1. The normalized spacial score (nSPS) is 13.2. The van der Waals surface area contributed by atoms with Gasteiger partial charge in [-0.15, -0.1) is 0 Å². The maximum absolute atomic E-state index is 10.9. The molecule has 0 spiro atoms. The van der Waals surface area contributed by atoms with Crippen molar-refractivity contribution in [3.63, 3.8) is 0 Å². The van der Waals surface area contributed by atoms with Crippen molar-refractivity contribution in [2.75, 3.05) is 6.61 Å². The van der Waals surface area contributed by atoms with Crippen LogP contribution in [0.25, 0.3) is 0 Å². The predicted octanol–water partition coefficient (Wildman–Crippen LogP) is 0.850. The summed E-state index contributed by atoms with van der Waals surface area (Å²) < 4.78 is 4.64. The second-order valence-corrected chi connectivity index (χ2v) is 3.36. The van der Waals surface area contributed by atoms with Crippen molar-refractivity contribution < 1.29 is 14.6 Å². The molecule has 1 N–H and O–H groups in total. The lowest BCUT2D eigenvalue weighted by atomic mass is 9.87. The van der Waals surface area contributed by atoms with Gasteiger partial charge in [0.25, 0.3) is 0 Å². The second kappa shape index (κ2) is 4.83. The Bertz CT molecular complexity index is 217. The number of ether oxygens (including phenoxy) is 1. The highest BCUT2D eigenvalue weighted by Gasteiger charge is 2.29. The quantitative estimate of drug-likeness (QED) is 0.659. The Morgan fingerprint density at radius 3 is 2.62 bits per heavy atom. The van der Waals surface area contributed by atoms with Crippen molar-refractivity contribution in [1.82, 2.24) is 0 Å². The molecule has 0 aliphatic rings. The zero-order chi connectivity index (χ0) is 10.5. The number of aliphatic hydroxyl groups excluding tert-OH is 1. The summed E-state index contributed by atoms with van der Waals surface area (Å²) in [7, 11) is 0. The van der Waals surface area contributed by atoms with Crippen molar-refractivity contribution in [3.05, 3.63) is 0 Å². The van der Waals surface area contributed by atoms with Crippen molar-refractivity contribution in [2.24, 2.45) is 5.41 Å². The van der Waals surface area contributed by atoms with E-state index in [0.717, 1.165) is 0 Å². The number of rotatable bonds is 4. The first kappa shape index (κ1) is 11.9. The van der Waals surface area contributed by atoms with Gasteiger partial charge in [-0.2, -0.15) is 5.26 Å². The molecule has 0 saturated heterocycles. The molecule has 0 rings (SSSR count). The summed E-state index contributed by atoms with van der Waals surface area (Å²) in [6.07, 6.45) is -1.11. The highest BCUT2D eigenvalue weighted by Crippen LogP contribution is 2.21. The zero-order valence-electron chi connectivity index (χ0n) is 8.20. The van der Waals surface area contributed by atoms with Gasteiger partial charge in [0.1, 0.15) is 0 Å². The lowest BCUT2D eigenvalue weighted by Gasteiger charge is -2.21. The summed E-state index contributed by atoms with van der Waals surface area (Å²) in [5.41, 5.74) is -0.910. The van der Waals surface area contributed by atoms with E-state index >= 15 is 0 Å². The molecule has 0 aromatic carbocycles. The SMILES string of the molecule is CCOC(=O)CC(O)C(C)(C)C#N. The topological polar surface area (TPSA) is 70.3 Å². The van der Waals surface area contributed by atoms with E-state index in [2.05, 4.69) is 4.74 Å². The molecule has 0 heterocycles. The standard InChI is InChI=1S/C9H15NO3/c1-4-13-8(12)5-7(11)9(2,3)6-10/h7,11H,4-5H2,1-3H3. The first-order valence-electron chi connectivity index (χ1n) is 4.19. The summed E-state index contributed by atoms with van der Waals surface area (Å²) >= 11 is 0. The molecule has 0 aromatic heterocycles. The van der Waals surface area contributed by atoms with Crippen LogP contribution in [-0.4, -0.2) is 23.8 Å². The van der Waals surface area contributed by atoms with Crippen LogP contribution >= 0.6 is 0 Å². The fourth-order valence-corrected chi connectivity index (χ4v) is 0.707. The Morgan fingerprint density at radius 2 is 2.23 bits per heavy atom. The first-order valence-corrected chi connectivity index (χ1v) is 4.19. The summed E-state index contributed by atoms with van der Waals surface area (Å²) in [6, 6.07) is 1.93. The third-order valence-electron chi connectivity index (χ3n) is 1.79. The van der Waals surface area contributed by atoms with Gasteiger partial charge in [-0.1, -0.05) is 0 Å². The highest BCUT2D eigenvalue weighted by atomic mass is 16.5. The van der Waals surface area contributed by atoms with Crippen LogP contribution in [0.15, 0.2) is 0 Å². The van der Waals surface area contributed by atoms with E-state index in [-0.39, 0.29) is 6.42 Å². The molecule has 0 fully saturated rings. The number of hydrogen-bond donors (Lipinski definition) is 1. The Hall–Kier alpha value is -1.08. The molecule has 0 saturated carbocycles. The van der Waals surface area contributed by atoms with Crippen LogP contribution in [0.4, 0.5) is 0 Å². The number of hydrogen-bond acceptors (Lipinski definition) is 4. The van der Waals surface area contributed by atoms with Crippen LogP contribution in [-0.2, 0) is 9.53 Å². The molecule has 4 nitrogen and oxygen atoms in total. The average Bonchev–Trinajstić information content (AvgIpc) is 2.04. The van der Waals surface area contributed by atoms with Crippen molar-refractivity contribution in [2.45, 2.75) is 33.3 Å². The third kappa shape index (κ3) is 3.90. The van der Waals surface area contributed by atoms with Crippen LogP contribution in [0.3, 0.4) is 0 Å². The minimum atomic E-state index is -0.975. The van der Waals surface area contributed by atoms with Gasteiger partial charge in [0.05, 0.1) is 30.6 Å². The van der Waals surface area contributed by atoms with Crippen LogP contribution in [0.1, 0.15) is 27.2 Å². The minimum Gasteiger partial charge on any atom is -0.466 e. The smallest absolute Gasteiger partial charge is 0.308 e. The molecular weight excluding hydrogens is 170 g/mol. The molecule has 0 aliphatic heterocycles. The van der Waals surface area contributed by atoms with Gasteiger partial charge >= 0.3 is 5.97 Å². The molecule has 4 heteroatoms. The second-order valence-electron chi connectivity index (χ2n) is 3.36. The first-order chi connectivity index (χ1) is 5.94. The van der Waals surface area contributed by atoms with E-state index in [4.69, 9.17) is 5.26 Å². The lowest BCUT2D eigenvalue weighted by Crippen LogP contribution is -2.30. The van der Waals surface area contributed by atoms with Gasteiger partial charge in [0.2, 0.25) is 0 Å². The number of carbonyl (C=O) groups is 1. The van der Waals surface area contributed by atoms with Crippen molar-refractivity contribution in [1.29, 1.82) is 5.26 Å². The maximum Gasteiger partial charge on any atom is 0.308 e. The molecule has 0 aromatic rings. The summed E-state index contributed by atoms with van der Waals surface area (Å²) in [4.78, 5) is 10.9. The number of nitrogens with zero attached hydrogens (tertiary/aromatic N) is 1. The molecule has 13 heavy (non-hydrogen) atoms. The maximum atomic E-state index is 10.9. The Balaban J connectivity index is 4.09.